The van der Waals surface area contributed by atoms with Crippen LogP contribution in [0.3, 0.4) is 0 Å². The van der Waals surface area contributed by atoms with E-state index in [9.17, 15) is 0 Å². The molecule has 0 radical (unpaired) electrons. The molecule has 2 N–H and O–H groups in total. The van der Waals surface area contributed by atoms with Crippen molar-refractivity contribution in [1.82, 2.24) is 10.6 Å². The second-order valence-electron chi connectivity index (χ2n) is 6.68. The van der Waals surface area contributed by atoms with E-state index in [0.717, 1.165) is 31.3 Å². The monoisotopic (exact) mass is 391 g/mol. The summed E-state index contributed by atoms with van der Waals surface area (Å²) in [4.78, 5) is 4.35. The molecule has 1 saturated carbocycles. The zero-order valence-corrected chi connectivity index (χ0v) is 15.4. The molecule has 0 bridgehead atoms. The molecule has 1 fully saturated rings. The topological polar surface area (TPSA) is 36.4 Å². The third kappa shape index (κ3) is 4.93. The van der Waals surface area contributed by atoms with Crippen molar-refractivity contribution in [3.63, 3.8) is 0 Å². The first-order valence-electron chi connectivity index (χ1n) is 7.74. The van der Waals surface area contributed by atoms with Gasteiger partial charge in [0.15, 0.2) is 5.96 Å². The van der Waals surface area contributed by atoms with Gasteiger partial charge < -0.3 is 10.6 Å². The fourth-order valence-electron chi connectivity index (χ4n) is 3.29. The van der Waals surface area contributed by atoms with Crippen molar-refractivity contribution >= 4 is 29.9 Å². The Hall–Kier alpha value is -0.260. The number of hydrogen-bond donors (Lipinski definition) is 2. The Labute approximate surface area is 141 Å². The summed E-state index contributed by atoms with van der Waals surface area (Å²) in [7, 11) is 1.86. The first-order valence-corrected chi connectivity index (χ1v) is 7.74. The summed E-state index contributed by atoms with van der Waals surface area (Å²) in [6, 6.07) is 0.529. The predicted octanol–water partition coefficient (Wildman–Crippen LogP) is 3.70. The lowest BCUT2D eigenvalue weighted by atomic mass is 9.78. The molecular weight excluding hydrogens is 361 g/mol. The van der Waals surface area contributed by atoms with E-state index in [0.29, 0.717) is 11.5 Å². The predicted molar refractivity (Wildman–Crippen MR) is 97.8 cm³/mol. The molecule has 0 aliphatic heterocycles. The lowest BCUT2D eigenvalue weighted by Gasteiger charge is -2.32. The maximum atomic E-state index is 4.35. The molecular formula is C16H30IN3. The quantitative estimate of drug-likeness (QED) is 0.332. The fraction of sp³-hybridized carbons (Fsp3) is 0.812. The number of aliphatic imine (C=N–C) groups is 1. The lowest BCUT2D eigenvalue weighted by molar-refractivity contribution is 0.218. The molecule has 2 aliphatic rings. The molecule has 2 rings (SSSR count). The van der Waals surface area contributed by atoms with Gasteiger partial charge in [-0.05, 0) is 37.0 Å². The van der Waals surface area contributed by atoms with E-state index in [2.05, 4.69) is 41.6 Å². The molecule has 3 nitrogen and oxygen atoms in total. The largest absolute Gasteiger partial charge is 0.356 e. The fourth-order valence-corrected chi connectivity index (χ4v) is 3.29. The Morgan fingerprint density at radius 2 is 1.80 bits per heavy atom. The van der Waals surface area contributed by atoms with Crippen LogP contribution in [-0.2, 0) is 0 Å². The number of hydrogen-bond acceptors (Lipinski definition) is 1. The Morgan fingerprint density at radius 1 is 1.20 bits per heavy atom. The smallest absolute Gasteiger partial charge is 0.191 e. The van der Waals surface area contributed by atoms with Crippen LogP contribution >= 0.6 is 24.0 Å². The maximum Gasteiger partial charge on any atom is 0.191 e. The number of guanidine groups is 1. The van der Waals surface area contributed by atoms with Crippen LogP contribution in [0.15, 0.2) is 17.1 Å². The highest BCUT2D eigenvalue weighted by atomic mass is 127. The van der Waals surface area contributed by atoms with E-state index in [1.165, 1.54) is 25.7 Å². The standard InChI is InChI=1S/C16H29N3.HI/c1-16(2,13-8-4-5-9-13)12-18-15(17-3)19-14-10-6-7-11-14;/h6-7,13-14H,4-5,8-12H2,1-3H3,(H2,17,18,19);1H. The summed E-state index contributed by atoms with van der Waals surface area (Å²) in [5.74, 6) is 1.83. The summed E-state index contributed by atoms with van der Waals surface area (Å²) < 4.78 is 0. The number of nitrogens with zero attached hydrogens (tertiary/aromatic N) is 1. The second kappa shape index (κ2) is 8.25. The highest BCUT2D eigenvalue weighted by Crippen LogP contribution is 2.38. The van der Waals surface area contributed by atoms with Crippen LogP contribution in [0.4, 0.5) is 0 Å². The molecule has 116 valence electrons. The highest BCUT2D eigenvalue weighted by Gasteiger charge is 2.31. The van der Waals surface area contributed by atoms with Crippen LogP contribution in [0.5, 0.6) is 0 Å². The average Bonchev–Trinajstić information content (AvgIpc) is 3.07. The van der Waals surface area contributed by atoms with Crippen molar-refractivity contribution in [3.05, 3.63) is 12.2 Å². The van der Waals surface area contributed by atoms with Gasteiger partial charge in [0.25, 0.3) is 0 Å². The molecule has 0 amide bonds. The molecule has 20 heavy (non-hydrogen) atoms. The summed E-state index contributed by atoms with van der Waals surface area (Å²) in [5.41, 5.74) is 0.363. The van der Waals surface area contributed by atoms with E-state index < -0.39 is 0 Å². The van der Waals surface area contributed by atoms with Crippen molar-refractivity contribution in [2.24, 2.45) is 16.3 Å². The molecule has 0 aromatic heterocycles. The maximum absolute atomic E-state index is 4.35. The molecule has 4 heteroatoms. The highest BCUT2D eigenvalue weighted by molar-refractivity contribution is 14.0. The van der Waals surface area contributed by atoms with Gasteiger partial charge in [-0.2, -0.15) is 0 Å². The first kappa shape index (κ1) is 17.8. The number of rotatable bonds is 4. The molecule has 0 spiro atoms. The number of nitrogens with one attached hydrogen (secondary N) is 2. The van der Waals surface area contributed by atoms with Crippen LogP contribution in [-0.4, -0.2) is 25.6 Å². The Balaban J connectivity index is 0.00000200. The van der Waals surface area contributed by atoms with E-state index in [1.807, 2.05) is 7.05 Å². The summed E-state index contributed by atoms with van der Waals surface area (Å²) in [6.07, 6.45) is 12.3. The van der Waals surface area contributed by atoms with E-state index in [1.54, 1.807) is 0 Å². The average molecular weight is 391 g/mol. The van der Waals surface area contributed by atoms with Crippen molar-refractivity contribution in [3.8, 4) is 0 Å². The SMILES string of the molecule is CN=C(NCC(C)(C)C1CCCC1)NC1CC=CC1.I. The van der Waals surface area contributed by atoms with Gasteiger partial charge in [0, 0.05) is 19.6 Å². The molecule has 0 heterocycles. The van der Waals surface area contributed by atoms with Crippen molar-refractivity contribution in [2.75, 3.05) is 13.6 Å². The Morgan fingerprint density at radius 3 is 2.35 bits per heavy atom. The van der Waals surface area contributed by atoms with Gasteiger partial charge in [-0.1, -0.05) is 38.8 Å². The van der Waals surface area contributed by atoms with E-state index >= 15 is 0 Å². The summed E-state index contributed by atoms with van der Waals surface area (Å²) >= 11 is 0. The van der Waals surface area contributed by atoms with Crippen molar-refractivity contribution < 1.29 is 0 Å². The van der Waals surface area contributed by atoms with Gasteiger partial charge in [-0.15, -0.1) is 24.0 Å². The molecule has 0 unspecified atom stereocenters. The van der Waals surface area contributed by atoms with E-state index in [-0.39, 0.29) is 24.0 Å². The van der Waals surface area contributed by atoms with Gasteiger partial charge in [-0.3, -0.25) is 4.99 Å². The summed E-state index contributed by atoms with van der Waals surface area (Å²) in [5, 5.41) is 7.03. The normalized spacial score (nSPS) is 21.1. The van der Waals surface area contributed by atoms with Crippen LogP contribution in [0, 0.1) is 11.3 Å². The van der Waals surface area contributed by atoms with Crippen LogP contribution < -0.4 is 10.6 Å². The van der Waals surface area contributed by atoms with Gasteiger partial charge in [0.2, 0.25) is 0 Å². The molecule has 0 saturated heterocycles. The summed E-state index contributed by atoms with van der Waals surface area (Å²) in [6.45, 7) is 5.79. The Kier molecular flexibility index (Phi) is 7.34. The Bertz CT molecular complexity index is 336. The first-order chi connectivity index (χ1) is 9.12. The molecule has 2 aliphatic carbocycles. The van der Waals surface area contributed by atoms with Crippen molar-refractivity contribution in [1.29, 1.82) is 0 Å². The van der Waals surface area contributed by atoms with Crippen LogP contribution in [0.1, 0.15) is 52.4 Å². The van der Waals surface area contributed by atoms with E-state index in [4.69, 9.17) is 0 Å². The second-order valence-corrected chi connectivity index (χ2v) is 6.68. The molecule has 0 atom stereocenters. The van der Waals surface area contributed by atoms with Crippen LogP contribution in [0.25, 0.3) is 0 Å². The number of halogens is 1. The molecule has 0 aromatic carbocycles. The molecule has 0 aromatic rings. The van der Waals surface area contributed by atoms with Gasteiger partial charge in [-0.25, -0.2) is 0 Å². The van der Waals surface area contributed by atoms with Crippen LogP contribution in [0.2, 0.25) is 0 Å². The minimum absolute atomic E-state index is 0. The minimum Gasteiger partial charge on any atom is -0.356 e. The lowest BCUT2D eigenvalue weighted by Crippen LogP contribution is -2.46. The third-order valence-electron chi connectivity index (χ3n) is 4.74. The van der Waals surface area contributed by atoms with Gasteiger partial charge in [0.1, 0.15) is 0 Å². The van der Waals surface area contributed by atoms with Gasteiger partial charge in [0.05, 0.1) is 0 Å². The van der Waals surface area contributed by atoms with Crippen molar-refractivity contribution in [2.45, 2.75) is 58.4 Å². The third-order valence-corrected chi connectivity index (χ3v) is 4.74. The minimum atomic E-state index is 0. The zero-order chi connectivity index (χ0) is 13.7. The zero-order valence-electron chi connectivity index (χ0n) is 13.1. The van der Waals surface area contributed by atoms with Gasteiger partial charge >= 0.3 is 0 Å².